The molecule has 7 heteroatoms. The summed E-state index contributed by atoms with van der Waals surface area (Å²) in [5.74, 6) is -0.263. The summed E-state index contributed by atoms with van der Waals surface area (Å²) in [4.78, 5) is 13.7. The van der Waals surface area contributed by atoms with Crippen LogP contribution in [0, 0.1) is 0 Å². The minimum atomic E-state index is -2.54. The number of hydrogen-bond donors (Lipinski definition) is 1. The summed E-state index contributed by atoms with van der Waals surface area (Å²) >= 11 is 6.84. The van der Waals surface area contributed by atoms with Crippen LogP contribution in [0.25, 0.3) is 0 Å². The quantitative estimate of drug-likeness (QED) is 0.786. The molecule has 102 valence electrons. The van der Waals surface area contributed by atoms with Crippen LogP contribution in [0.1, 0.15) is 16.6 Å². The lowest BCUT2D eigenvalue weighted by atomic mass is 10.1. The van der Waals surface area contributed by atoms with Crippen molar-refractivity contribution >= 4 is 28.7 Å². The van der Waals surface area contributed by atoms with E-state index in [9.17, 15) is 13.6 Å². The summed E-state index contributed by atoms with van der Waals surface area (Å²) in [7, 11) is 0. The zero-order valence-corrected chi connectivity index (χ0v) is 11.3. The van der Waals surface area contributed by atoms with Crippen LogP contribution in [-0.2, 0) is 0 Å². The molecule has 0 amide bonds. The number of nitrogens with zero attached hydrogens (tertiary/aromatic N) is 1. The first-order chi connectivity index (χ1) is 8.45. The Labute approximate surface area is 113 Å². The molecule has 0 fully saturated rings. The number of Topliss-reactive ketones (excluding diaryl/α,β-unsaturated/α-hetero) is 1. The number of carbonyl (C=O) groups is 1. The summed E-state index contributed by atoms with van der Waals surface area (Å²) in [5, 5.41) is 8.84. The second-order valence-corrected chi connectivity index (χ2v) is 5.47. The lowest BCUT2D eigenvalue weighted by molar-refractivity contribution is 0.0517. The topological polar surface area (TPSA) is 40.5 Å². The zero-order valence-electron chi connectivity index (χ0n) is 9.78. The standard InChI is InChI=1S/C11H14ClF2NO2S/c1-7(15(4-5-16)6-10(13)14)11(17)8-2-3-9(12)18-8/h2-3,7,10,16H,4-6H2,1H3. The molecule has 0 spiro atoms. The zero-order chi connectivity index (χ0) is 13.7. The molecule has 18 heavy (non-hydrogen) atoms. The van der Waals surface area contributed by atoms with Gasteiger partial charge in [-0.2, -0.15) is 0 Å². The van der Waals surface area contributed by atoms with Crippen molar-refractivity contribution in [2.75, 3.05) is 19.7 Å². The van der Waals surface area contributed by atoms with Crippen molar-refractivity contribution in [1.29, 1.82) is 0 Å². The minimum absolute atomic E-state index is 0.0380. The highest BCUT2D eigenvalue weighted by atomic mass is 35.5. The van der Waals surface area contributed by atoms with Crippen molar-refractivity contribution in [2.24, 2.45) is 0 Å². The Morgan fingerprint density at radius 1 is 1.56 bits per heavy atom. The van der Waals surface area contributed by atoms with Crippen molar-refractivity contribution in [2.45, 2.75) is 19.4 Å². The maximum absolute atomic E-state index is 12.4. The van der Waals surface area contributed by atoms with Gasteiger partial charge in [0.25, 0.3) is 6.43 Å². The van der Waals surface area contributed by atoms with Gasteiger partial charge in [-0.05, 0) is 19.1 Å². The van der Waals surface area contributed by atoms with E-state index in [0.29, 0.717) is 9.21 Å². The van der Waals surface area contributed by atoms with E-state index in [1.165, 1.54) is 4.90 Å². The van der Waals surface area contributed by atoms with Crippen molar-refractivity contribution in [3.63, 3.8) is 0 Å². The number of ketones is 1. The molecule has 0 bridgehead atoms. The SMILES string of the molecule is CC(C(=O)c1ccc(Cl)s1)N(CCO)CC(F)F. The van der Waals surface area contributed by atoms with E-state index < -0.39 is 19.0 Å². The number of aliphatic hydroxyl groups is 1. The van der Waals surface area contributed by atoms with Gasteiger partial charge in [0.1, 0.15) is 0 Å². The monoisotopic (exact) mass is 297 g/mol. The van der Waals surface area contributed by atoms with Crippen LogP contribution < -0.4 is 0 Å². The molecule has 0 saturated carbocycles. The normalized spacial score (nSPS) is 13.3. The minimum Gasteiger partial charge on any atom is -0.395 e. The Bertz CT molecular complexity index is 400. The maximum atomic E-state index is 12.4. The van der Waals surface area contributed by atoms with E-state index in [0.717, 1.165) is 11.3 Å². The van der Waals surface area contributed by atoms with E-state index >= 15 is 0 Å². The van der Waals surface area contributed by atoms with E-state index in [1.807, 2.05) is 0 Å². The summed E-state index contributed by atoms with van der Waals surface area (Å²) in [6.07, 6.45) is -2.54. The second kappa shape index (κ2) is 7.13. The Balaban J connectivity index is 2.75. The fraction of sp³-hybridized carbons (Fsp3) is 0.545. The third-order valence-corrected chi connectivity index (χ3v) is 3.75. The highest BCUT2D eigenvalue weighted by Crippen LogP contribution is 2.23. The molecule has 1 unspecified atom stereocenters. The summed E-state index contributed by atoms with van der Waals surface area (Å²) < 4.78 is 25.3. The average Bonchev–Trinajstić information content (AvgIpc) is 2.73. The maximum Gasteiger partial charge on any atom is 0.251 e. The Kier molecular flexibility index (Phi) is 6.14. The number of rotatable bonds is 7. The van der Waals surface area contributed by atoms with Crippen LogP contribution in [0.3, 0.4) is 0 Å². The van der Waals surface area contributed by atoms with Gasteiger partial charge in [-0.25, -0.2) is 8.78 Å². The molecule has 0 aliphatic carbocycles. The molecule has 1 heterocycles. The molecule has 1 rings (SSSR count). The number of thiophene rings is 1. The van der Waals surface area contributed by atoms with E-state index in [1.54, 1.807) is 19.1 Å². The van der Waals surface area contributed by atoms with Crippen molar-refractivity contribution < 1.29 is 18.7 Å². The number of halogens is 3. The molecule has 1 aromatic heterocycles. The van der Waals surface area contributed by atoms with Gasteiger partial charge >= 0.3 is 0 Å². The van der Waals surface area contributed by atoms with E-state index in [-0.39, 0.29) is 18.9 Å². The number of hydrogen-bond acceptors (Lipinski definition) is 4. The first-order valence-corrected chi connectivity index (χ1v) is 6.57. The van der Waals surface area contributed by atoms with Crippen LogP contribution in [0.2, 0.25) is 4.34 Å². The second-order valence-electron chi connectivity index (χ2n) is 3.75. The molecule has 1 N–H and O–H groups in total. The van der Waals surface area contributed by atoms with Crippen LogP contribution >= 0.6 is 22.9 Å². The van der Waals surface area contributed by atoms with Crippen LogP contribution in [0.5, 0.6) is 0 Å². The summed E-state index contributed by atoms with van der Waals surface area (Å²) in [6, 6.07) is 2.46. The molecule has 1 atom stereocenters. The number of carbonyl (C=O) groups excluding carboxylic acids is 1. The highest BCUT2D eigenvalue weighted by molar-refractivity contribution is 7.18. The van der Waals surface area contributed by atoms with Crippen molar-refractivity contribution in [3.05, 3.63) is 21.3 Å². The Morgan fingerprint density at radius 3 is 2.67 bits per heavy atom. The lowest BCUT2D eigenvalue weighted by Gasteiger charge is -2.26. The molecular weight excluding hydrogens is 284 g/mol. The number of aliphatic hydroxyl groups excluding tert-OH is 1. The van der Waals surface area contributed by atoms with Gasteiger partial charge in [0, 0.05) is 6.54 Å². The van der Waals surface area contributed by atoms with E-state index in [4.69, 9.17) is 16.7 Å². The van der Waals surface area contributed by atoms with Gasteiger partial charge in [-0.1, -0.05) is 11.6 Å². The third kappa shape index (κ3) is 4.28. The molecule has 3 nitrogen and oxygen atoms in total. The van der Waals surface area contributed by atoms with Crippen molar-refractivity contribution in [1.82, 2.24) is 4.90 Å². The van der Waals surface area contributed by atoms with Gasteiger partial charge in [0.05, 0.1) is 28.4 Å². The predicted molar refractivity (Wildman–Crippen MR) is 67.8 cm³/mol. The Hall–Kier alpha value is -0.560. The van der Waals surface area contributed by atoms with Crippen LogP contribution in [0.4, 0.5) is 8.78 Å². The molecular formula is C11H14ClF2NO2S. The smallest absolute Gasteiger partial charge is 0.251 e. The summed E-state index contributed by atoms with van der Waals surface area (Å²) in [6.45, 7) is 0.784. The van der Waals surface area contributed by atoms with Gasteiger partial charge < -0.3 is 5.11 Å². The van der Waals surface area contributed by atoms with Gasteiger partial charge in [-0.3, -0.25) is 9.69 Å². The average molecular weight is 298 g/mol. The molecule has 0 aliphatic rings. The first kappa shape index (κ1) is 15.5. The molecule has 0 radical (unpaired) electrons. The third-order valence-electron chi connectivity index (χ3n) is 2.50. The first-order valence-electron chi connectivity index (χ1n) is 5.38. The van der Waals surface area contributed by atoms with Gasteiger partial charge in [-0.15, -0.1) is 11.3 Å². The van der Waals surface area contributed by atoms with Crippen LogP contribution in [0.15, 0.2) is 12.1 Å². The lowest BCUT2D eigenvalue weighted by Crippen LogP contribution is -2.43. The van der Waals surface area contributed by atoms with Crippen molar-refractivity contribution in [3.8, 4) is 0 Å². The van der Waals surface area contributed by atoms with Crippen LogP contribution in [-0.4, -0.2) is 48.0 Å². The molecule has 0 aliphatic heterocycles. The molecule has 0 saturated heterocycles. The molecule has 1 aromatic rings. The van der Waals surface area contributed by atoms with Gasteiger partial charge in [0.2, 0.25) is 0 Å². The fourth-order valence-electron chi connectivity index (χ4n) is 1.57. The fourth-order valence-corrected chi connectivity index (χ4v) is 2.63. The van der Waals surface area contributed by atoms with Gasteiger partial charge in [0.15, 0.2) is 5.78 Å². The largest absolute Gasteiger partial charge is 0.395 e. The Morgan fingerprint density at radius 2 is 2.22 bits per heavy atom. The predicted octanol–water partition coefficient (Wildman–Crippen LogP) is 2.53. The molecule has 0 aromatic carbocycles. The van der Waals surface area contributed by atoms with E-state index in [2.05, 4.69) is 0 Å². The highest BCUT2D eigenvalue weighted by Gasteiger charge is 2.25. The summed E-state index contributed by atoms with van der Waals surface area (Å²) in [5.41, 5.74) is 0. The number of alkyl halides is 2.